The molecule has 1 atom stereocenters. The highest BCUT2D eigenvalue weighted by Crippen LogP contribution is 2.33. The first-order valence-corrected chi connectivity index (χ1v) is 13.0. The topological polar surface area (TPSA) is 54.8 Å². The predicted molar refractivity (Wildman–Crippen MR) is 142 cm³/mol. The highest BCUT2D eigenvalue weighted by Gasteiger charge is 2.33. The molecule has 0 fully saturated rings. The van der Waals surface area contributed by atoms with Crippen LogP contribution in [0.4, 0.5) is 0 Å². The first-order chi connectivity index (χ1) is 17.4. The molecule has 3 aromatic rings. The SMILES string of the molecule is CCCN(CC(=O)N1CCn2cccc2C1c1ccc(C(C)C)cc1)C(=O)COc1ccc(Cl)cc1. The van der Waals surface area contributed by atoms with Crippen molar-refractivity contribution in [3.63, 3.8) is 0 Å². The summed E-state index contributed by atoms with van der Waals surface area (Å²) < 4.78 is 7.86. The average Bonchev–Trinajstić information content (AvgIpc) is 3.36. The van der Waals surface area contributed by atoms with Gasteiger partial charge in [0.05, 0.1) is 12.6 Å². The van der Waals surface area contributed by atoms with Gasteiger partial charge in [-0.05, 0) is 59.9 Å². The lowest BCUT2D eigenvalue weighted by Gasteiger charge is -2.38. The average molecular weight is 508 g/mol. The van der Waals surface area contributed by atoms with Gasteiger partial charge in [0.2, 0.25) is 5.91 Å². The number of aromatic nitrogens is 1. The van der Waals surface area contributed by atoms with Gasteiger partial charge in [0.15, 0.2) is 6.61 Å². The number of rotatable bonds is 9. The molecule has 0 N–H and O–H groups in total. The molecule has 0 saturated heterocycles. The minimum Gasteiger partial charge on any atom is -0.484 e. The van der Waals surface area contributed by atoms with E-state index in [4.69, 9.17) is 16.3 Å². The molecule has 1 aliphatic rings. The van der Waals surface area contributed by atoms with Gasteiger partial charge in [-0.25, -0.2) is 0 Å². The van der Waals surface area contributed by atoms with Gasteiger partial charge in [-0.15, -0.1) is 0 Å². The Morgan fingerprint density at radius 2 is 1.78 bits per heavy atom. The summed E-state index contributed by atoms with van der Waals surface area (Å²) in [7, 11) is 0. The number of hydrogen-bond acceptors (Lipinski definition) is 3. The highest BCUT2D eigenvalue weighted by atomic mass is 35.5. The molecule has 6 nitrogen and oxygen atoms in total. The molecule has 1 aliphatic heterocycles. The van der Waals surface area contributed by atoms with Crippen LogP contribution in [0.1, 0.15) is 56.0 Å². The quantitative estimate of drug-likeness (QED) is 0.383. The fourth-order valence-electron chi connectivity index (χ4n) is 4.65. The summed E-state index contributed by atoms with van der Waals surface area (Å²) >= 11 is 5.92. The predicted octanol–water partition coefficient (Wildman–Crippen LogP) is 5.51. The first kappa shape index (κ1) is 25.8. The number of fused-ring (bicyclic) bond motifs is 1. The van der Waals surface area contributed by atoms with E-state index in [0.29, 0.717) is 29.8 Å². The van der Waals surface area contributed by atoms with Crippen LogP contribution < -0.4 is 4.74 Å². The number of amides is 2. The van der Waals surface area contributed by atoms with Gasteiger partial charge in [0, 0.05) is 36.5 Å². The number of ether oxygens (including phenoxy) is 1. The molecule has 7 heteroatoms. The van der Waals surface area contributed by atoms with Gasteiger partial charge in [-0.3, -0.25) is 9.59 Å². The molecule has 2 aromatic carbocycles. The van der Waals surface area contributed by atoms with E-state index in [1.54, 1.807) is 29.2 Å². The molecule has 2 heterocycles. The molecule has 190 valence electrons. The van der Waals surface area contributed by atoms with Crippen LogP contribution in [0, 0.1) is 0 Å². The van der Waals surface area contributed by atoms with E-state index in [1.165, 1.54) is 5.56 Å². The van der Waals surface area contributed by atoms with Crippen LogP contribution in [-0.2, 0) is 16.1 Å². The van der Waals surface area contributed by atoms with Gasteiger partial charge in [-0.1, -0.05) is 56.6 Å². The molecule has 0 saturated carbocycles. The Morgan fingerprint density at radius 3 is 2.44 bits per heavy atom. The lowest BCUT2D eigenvalue weighted by atomic mass is 9.95. The lowest BCUT2D eigenvalue weighted by Crippen LogP contribution is -2.48. The van der Waals surface area contributed by atoms with Crippen LogP contribution in [0.25, 0.3) is 0 Å². The van der Waals surface area contributed by atoms with Crippen LogP contribution in [0.3, 0.4) is 0 Å². The molecule has 0 aliphatic carbocycles. The first-order valence-electron chi connectivity index (χ1n) is 12.6. The van der Waals surface area contributed by atoms with Gasteiger partial charge < -0.3 is 19.1 Å². The Morgan fingerprint density at radius 1 is 1.06 bits per heavy atom. The summed E-state index contributed by atoms with van der Waals surface area (Å²) in [5, 5.41) is 0.605. The molecule has 0 radical (unpaired) electrons. The van der Waals surface area contributed by atoms with Crippen molar-refractivity contribution in [1.82, 2.24) is 14.4 Å². The number of carbonyl (C=O) groups excluding carboxylic acids is 2. The zero-order chi connectivity index (χ0) is 25.7. The Labute approximate surface area is 218 Å². The zero-order valence-corrected chi connectivity index (χ0v) is 21.9. The van der Waals surface area contributed by atoms with E-state index in [0.717, 1.165) is 24.2 Å². The Bertz CT molecular complexity index is 1170. The Kier molecular flexibility index (Phi) is 8.36. The number of halogens is 1. The summed E-state index contributed by atoms with van der Waals surface area (Å²) in [4.78, 5) is 30.2. The monoisotopic (exact) mass is 507 g/mol. The van der Waals surface area contributed by atoms with Crippen molar-refractivity contribution >= 4 is 23.4 Å². The van der Waals surface area contributed by atoms with Crippen molar-refractivity contribution in [2.45, 2.75) is 45.7 Å². The summed E-state index contributed by atoms with van der Waals surface area (Å²) in [5.41, 5.74) is 3.43. The van der Waals surface area contributed by atoms with Crippen molar-refractivity contribution in [2.75, 3.05) is 26.2 Å². The molecule has 1 unspecified atom stereocenters. The summed E-state index contributed by atoms with van der Waals surface area (Å²) in [6, 6.07) is 19.3. The second-order valence-corrected chi connectivity index (χ2v) is 9.93. The van der Waals surface area contributed by atoms with Gasteiger partial charge in [0.25, 0.3) is 5.91 Å². The van der Waals surface area contributed by atoms with Crippen molar-refractivity contribution in [1.29, 1.82) is 0 Å². The van der Waals surface area contributed by atoms with Gasteiger partial charge in [-0.2, -0.15) is 0 Å². The summed E-state index contributed by atoms with van der Waals surface area (Å²) in [5.74, 6) is 0.736. The fourth-order valence-corrected chi connectivity index (χ4v) is 4.78. The fraction of sp³-hybridized carbons (Fsp3) is 0.379. The van der Waals surface area contributed by atoms with Crippen LogP contribution in [0.5, 0.6) is 5.75 Å². The van der Waals surface area contributed by atoms with Crippen LogP contribution in [0.2, 0.25) is 5.02 Å². The Balaban J connectivity index is 1.50. The van der Waals surface area contributed by atoms with Gasteiger partial charge >= 0.3 is 0 Å². The molecule has 36 heavy (non-hydrogen) atoms. The zero-order valence-electron chi connectivity index (χ0n) is 21.2. The van der Waals surface area contributed by atoms with Crippen LogP contribution >= 0.6 is 11.6 Å². The smallest absolute Gasteiger partial charge is 0.260 e. The largest absolute Gasteiger partial charge is 0.484 e. The minimum absolute atomic E-state index is 0.0257. The van der Waals surface area contributed by atoms with E-state index in [-0.39, 0.29) is 31.0 Å². The second-order valence-electron chi connectivity index (χ2n) is 9.50. The van der Waals surface area contributed by atoms with Crippen LogP contribution in [-0.4, -0.2) is 52.4 Å². The second kappa shape index (κ2) is 11.7. The van der Waals surface area contributed by atoms with E-state index >= 15 is 0 Å². The van der Waals surface area contributed by atoms with E-state index in [1.807, 2.05) is 17.9 Å². The maximum atomic E-state index is 13.7. The molecular formula is C29H34ClN3O3. The molecule has 1 aromatic heterocycles. The maximum Gasteiger partial charge on any atom is 0.260 e. The summed E-state index contributed by atoms with van der Waals surface area (Å²) in [6.07, 6.45) is 2.82. The standard InChI is InChI=1S/C29H34ClN3O3/c1-4-15-32(28(35)20-36-25-13-11-24(30)12-14-25)19-27(34)33-18-17-31-16-5-6-26(31)29(33)23-9-7-22(8-10-23)21(2)3/h5-14,16,21,29H,4,15,17-20H2,1-3H3. The number of nitrogens with zero attached hydrogens (tertiary/aromatic N) is 3. The number of hydrogen-bond donors (Lipinski definition) is 0. The molecule has 4 rings (SSSR count). The van der Waals surface area contributed by atoms with Crippen molar-refractivity contribution in [2.24, 2.45) is 0 Å². The maximum absolute atomic E-state index is 13.7. The molecule has 0 bridgehead atoms. The third-order valence-electron chi connectivity index (χ3n) is 6.63. The third kappa shape index (κ3) is 5.93. The molecular weight excluding hydrogens is 474 g/mol. The lowest BCUT2D eigenvalue weighted by molar-refractivity contribution is -0.143. The molecule has 2 amide bonds. The van der Waals surface area contributed by atoms with E-state index in [9.17, 15) is 9.59 Å². The molecule has 0 spiro atoms. The minimum atomic E-state index is -0.210. The summed E-state index contributed by atoms with van der Waals surface area (Å²) in [6.45, 7) is 8.06. The third-order valence-corrected chi connectivity index (χ3v) is 6.88. The normalized spacial score (nSPS) is 15.0. The van der Waals surface area contributed by atoms with E-state index in [2.05, 4.69) is 54.9 Å². The van der Waals surface area contributed by atoms with Gasteiger partial charge in [0.1, 0.15) is 5.75 Å². The number of benzene rings is 2. The van der Waals surface area contributed by atoms with Crippen molar-refractivity contribution in [3.05, 3.63) is 88.7 Å². The number of carbonyl (C=O) groups is 2. The van der Waals surface area contributed by atoms with Crippen molar-refractivity contribution < 1.29 is 14.3 Å². The Hall–Kier alpha value is -3.25. The van der Waals surface area contributed by atoms with Crippen molar-refractivity contribution in [3.8, 4) is 5.75 Å². The van der Waals surface area contributed by atoms with Crippen LogP contribution in [0.15, 0.2) is 66.9 Å². The highest BCUT2D eigenvalue weighted by molar-refractivity contribution is 6.30. The van der Waals surface area contributed by atoms with E-state index < -0.39 is 0 Å².